The van der Waals surface area contributed by atoms with Gasteiger partial charge in [-0.3, -0.25) is 9.59 Å². The van der Waals surface area contributed by atoms with Crippen LogP contribution >= 0.6 is 0 Å². The molecule has 0 unspecified atom stereocenters. The zero-order valence-corrected chi connectivity index (χ0v) is 14.8. The van der Waals surface area contributed by atoms with E-state index in [-0.39, 0.29) is 29.7 Å². The molecule has 0 atom stereocenters. The second kappa shape index (κ2) is 7.76. The van der Waals surface area contributed by atoms with Crippen LogP contribution in [0.3, 0.4) is 0 Å². The Morgan fingerprint density at radius 3 is 2.33 bits per heavy atom. The number of piperazine rings is 1. The lowest BCUT2D eigenvalue weighted by Crippen LogP contribution is -2.50. The molecule has 0 spiro atoms. The number of rotatable bonds is 5. The van der Waals surface area contributed by atoms with E-state index < -0.39 is 10.0 Å². The van der Waals surface area contributed by atoms with Crippen LogP contribution in [-0.2, 0) is 19.6 Å². The third-order valence-corrected chi connectivity index (χ3v) is 5.47. The number of nitrogens with one attached hydrogen (secondary N) is 1. The van der Waals surface area contributed by atoms with Gasteiger partial charge in [-0.15, -0.1) is 0 Å². The average molecular weight is 353 g/mol. The summed E-state index contributed by atoms with van der Waals surface area (Å²) in [5.41, 5.74) is 0.859. The molecule has 1 aliphatic rings. The largest absolute Gasteiger partial charge is 0.339 e. The van der Waals surface area contributed by atoms with Crippen molar-refractivity contribution < 1.29 is 18.0 Å². The van der Waals surface area contributed by atoms with Crippen molar-refractivity contribution in [1.82, 2.24) is 14.5 Å². The van der Waals surface area contributed by atoms with Gasteiger partial charge in [0.05, 0.1) is 4.90 Å². The van der Waals surface area contributed by atoms with Gasteiger partial charge in [0.25, 0.3) is 0 Å². The number of amides is 2. The van der Waals surface area contributed by atoms with Gasteiger partial charge in [-0.1, -0.05) is 12.1 Å². The van der Waals surface area contributed by atoms with Crippen LogP contribution < -0.4 is 4.72 Å². The fourth-order valence-electron chi connectivity index (χ4n) is 2.59. The van der Waals surface area contributed by atoms with Gasteiger partial charge < -0.3 is 9.80 Å². The van der Waals surface area contributed by atoms with Gasteiger partial charge in [-0.05, 0) is 24.6 Å². The number of nitrogens with zero attached hydrogens (tertiary/aromatic N) is 2. The Kier molecular flexibility index (Phi) is 5.95. The van der Waals surface area contributed by atoms with Crippen molar-refractivity contribution in [2.45, 2.75) is 25.2 Å². The smallest absolute Gasteiger partial charge is 0.240 e. The minimum atomic E-state index is -3.60. The SMILES string of the molecule is CC(=O)N1CCN(C(=O)CCNS(=O)(=O)c2cccc(C)c2)CC1. The van der Waals surface area contributed by atoms with E-state index >= 15 is 0 Å². The zero-order valence-electron chi connectivity index (χ0n) is 14.0. The molecular weight excluding hydrogens is 330 g/mol. The van der Waals surface area contributed by atoms with E-state index in [1.807, 2.05) is 13.0 Å². The Morgan fingerprint density at radius 2 is 1.75 bits per heavy atom. The van der Waals surface area contributed by atoms with Crippen molar-refractivity contribution in [2.24, 2.45) is 0 Å². The fraction of sp³-hybridized carbons (Fsp3) is 0.500. The first-order valence-corrected chi connectivity index (χ1v) is 9.37. The molecule has 7 nitrogen and oxygen atoms in total. The molecule has 0 radical (unpaired) electrons. The molecule has 0 bridgehead atoms. The molecule has 1 fully saturated rings. The van der Waals surface area contributed by atoms with Crippen LogP contribution in [0.2, 0.25) is 0 Å². The quantitative estimate of drug-likeness (QED) is 0.828. The number of aryl methyl sites for hydroxylation is 1. The van der Waals surface area contributed by atoms with Crippen molar-refractivity contribution in [3.63, 3.8) is 0 Å². The minimum absolute atomic E-state index is 0.00742. The van der Waals surface area contributed by atoms with Crippen LogP contribution in [0.4, 0.5) is 0 Å². The first kappa shape index (κ1) is 18.4. The highest BCUT2D eigenvalue weighted by Crippen LogP contribution is 2.11. The minimum Gasteiger partial charge on any atom is -0.339 e. The van der Waals surface area contributed by atoms with E-state index in [1.54, 1.807) is 21.9 Å². The Hall–Kier alpha value is -1.93. The number of carbonyl (C=O) groups is 2. The van der Waals surface area contributed by atoms with Crippen LogP contribution in [0.5, 0.6) is 0 Å². The Labute approximate surface area is 142 Å². The third-order valence-electron chi connectivity index (χ3n) is 4.01. The van der Waals surface area contributed by atoms with Crippen LogP contribution in [0.25, 0.3) is 0 Å². The van der Waals surface area contributed by atoms with Gasteiger partial charge in [-0.25, -0.2) is 13.1 Å². The molecule has 1 N–H and O–H groups in total. The molecule has 0 aliphatic carbocycles. The summed E-state index contributed by atoms with van der Waals surface area (Å²) in [4.78, 5) is 27.0. The molecule has 1 aromatic rings. The molecular formula is C16H23N3O4S. The topological polar surface area (TPSA) is 86.8 Å². The summed E-state index contributed by atoms with van der Waals surface area (Å²) in [7, 11) is -3.60. The first-order chi connectivity index (χ1) is 11.3. The number of hydrogen-bond acceptors (Lipinski definition) is 4. The van der Waals surface area contributed by atoms with Gasteiger partial charge in [0.1, 0.15) is 0 Å². The lowest BCUT2D eigenvalue weighted by atomic mass is 10.2. The van der Waals surface area contributed by atoms with E-state index in [0.717, 1.165) is 5.56 Å². The van der Waals surface area contributed by atoms with Gasteiger partial charge >= 0.3 is 0 Å². The highest BCUT2D eigenvalue weighted by Gasteiger charge is 2.22. The number of benzene rings is 1. The number of sulfonamides is 1. The lowest BCUT2D eigenvalue weighted by molar-refractivity contribution is -0.138. The summed E-state index contributed by atoms with van der Waals surface area (Å²) in [5.74, 6) is -0.0989. The maximum Gasteiger partial charge on any atom is 0.240 e. The molecule has 0 aromatic heterocycles. The van der Waals surface area contributed by atoms with E-state index in [4.69, 9.17) is 0 Å². The van der Waals surface area contributed by atoms with Crippen molar-refractivity contribution in [3.8, 4) is 0 Å². The number of carbonyl (C=O) groups excluding carboxylic acids is 2. The second-order valence-corrected chi connectivity index (χ2v) is 7.62. The average Bonchev–Trinajstić information content (AvgIpc) is 2.54. The Bertz CT molecular complexity index is 710. The molecule has 2 amide bonds. The third kappa shape index (κ3) is 4.78. The summed E-state index contributed by atoms with van der Waals surface area (Å²) in [6, 6.07) is 6.62. The van der Waals surface area contributed by atoms with E-state index in [0.29, 0.717) is 26.2 Å². The Morgan fingerprint density at radius 1 is 1.12 bits per heavy atom. The standard InChI is InChI=1S/C16H23N3O4S/c1-13-4-3-5-15(12-13)24(22,23)17-7-6-16(21)19-10-8-18(9-11-19)14(2)20/h3-5,12,17H,6-11H2,1-2H3. The molecule has 24 heavy (non-hydrogen) atoms. The maximum atomic E-state index is 12.2. The van der Waals surface area contributed by atoms with Crippen molar-refractivity contribution in [1.29, 1.82) is 0 Å². The summed E-state index contributed by atoms with van der Waals surface area (Å²) in [5, 5.41) is 0. The van der Waals surface area contributed by atoms with E-state index in [1.165, 1.54) is 13.0 Å². The van der Waals surface area contributed by atoms with Crippen LogP contribution in [0.15, 0.2) is 29.2 Å². The Balaban J connectivity index is 1.81. The molecule has 1 heterocycles. The molecule has 1 saturated heterocycles. The van der Waals surface area contributed by atoms with Crippen LogP contribution in [-0.4, -0.2) is 62.8 Å². The van der Waals surface area contributed by atoms with E-state index in [9.17, 15) is 18.0 Å². The first-order valence-electron chi connectivity index (χ1n) is 7.89. The summed E-state index contributed by atoms with van der Waals surface area (Å²) in [6.07, 6.45) is 0.102. The lowest BCUT2D eigenvalue weighted by Gasteiger charge is -2.34. The predicted molar refractivity (Wildman–Crippen MR) is 89.8 cm³/mol. The number of hydrogen-bond donors (Lipinski definition) is 1. The second-order valence-electron chi connectivity index (χ2n) is 5.85. The van der Waals surface area contributed by atoms with Gasteiger partial charge in [0.15, 0.2) is 0 Å². The van der Waals surface area contributed by atoms with E-state index in [2.05, 4.69) is 4.72 Å². The molecule has 1 aromatic carbocycles. The van der Waals surface area contributed by atoms with Crippen molar-refractivity contribution in [3.05, 3.63) is 29.8 Å². The molecule has 1 aliphatic heterocycles. The summed E-state index contributed by atoms with van der Waals surface area (Å²) < 4.78 is 26.8. The summed E-state index contributed by atoms with van der Waals surface area (Å²) in [6.45, 7) is 5.42. The highest BCUT2D eigenvalue weighted by molar-refractivity contribution is 7.89. The molecule has 0 saturated carbocycles. The van der Waals surface area contributed by atoms with Gasteiger partial charge in [0.2, 0.25) is 21.8 Å². The van der Waals surface area contributed by atoms with Gasteiger partial charge in [0, 0.05) is 46.1 Å². The van der Waals surface area contributed by atoms with Crippen LogP contribution in [0, 0.1) is 6.92 Å². The van der Waals surface area contributed by atoms with Gasteiger partial charge in [-0.2, -0.15) is 0 Å². The molecule has 8 heteroatoms. The zero-order chi connectivity index (χ0) is 17.7. The predicted octanol–water partition coefficient (Wildman–Crippen LogP) is 0.354. The summed E-state index contributed by atoms with van der Waals surface area (Å²) >= 11 is 0. The molecule has 2 rings (SSSR count). The highest BCUT2D eigenvalue weighted by atomic mass is 32.2. The van der Waals surface area contributed by atoms with Crippen molar-refractivity contribution >= 4 is 21.8 Å². The monoisotopic (exact) mass is 353 g/mol. The van der Waals surface area contributed by atoms with Crippen molar-refractivity contribution in [2.75, 3.05) is 32.7 Å². The molecule has 132 valence electrons. The van der Waals surface area contributed by atoms with Crippen LogP contribution in [0.1, 0.15) is 18.9 Å². The maximum absolute atomic E-state index is 12.2. The normalized spacial score (nSPS) is 15.4. The fourth-order valence-corrected chi connectivity index (χ4v) is 3.72.